The van der Waals surface area contributed by atoms with Crippen LogP contribution in [0.3, 0.4) is 0 Å². The van der Waals surface area contributed by atoms with Gasteiger partial charge in [0.2, 0.25) is 5.75 Å². The number of nitrogens with one attached hydrogen (secondary N) is 1. The molecule has 0 aromatic heterocycles. The molecule has 0 radical (unpaired) electrons. The van der Waals surface area contributed by atoms with Crippen molar-refractivity contribution < 1.29 is 18.8 Å². The van der Waals surface area contributed by atoms with Crippen molar-refractivity contribution in [1.82, 2.24) is 0 Å². The summed E-state index contributed by atoms with van der Waals surface area (Å²) in [7, 11) is 1.41. The number of nitro groups is 1. The molecule has 0 aliphatic heterocycles. The van der Waals surface area contributed by atoms with E-state index in [2.05, 4.69) is 10.5 Å². The lowest BCUT2D eigenvalue weighted by atomic mass is 10.2. The predicted molar refractivity (Wildman–Crippen MR) is 93.0 cm³/mol. The van der Waals surface area contributed by atoms with E-state index < -0.39 is 4.92 Å². The molecule has 0 fully saturated rings. The summed E-state index contributed by atoms with van der Waals surface area (Å²) in [5, 5.41) is 15.3. The molecule has 0 amide bonds. The zero-order chi connectivity index (χ0) is 18.4. The quantitative estimate of drug-likeness (QED) is 0.465. The number of hydrogen-bond donors (Lipinski definition) is 1. The van der Waals surface area contributed by atoms with Crippen LogP contribution in [0.15, 0.2) is 41.5 Å². The Bertz CT molecular complexity index is 776. The molecule has 132 valence electrons. The van der Waals surface area contributed by atoms with Gasteiger partial charge in [-0.15, -0.1) is 0 Å². The van der Waals surface area contributed by atoms with Crippen LogP contribution in [-0.4, -0.2) is 24.4 Å². The van der Waals surface area contributed by atoms with Gasteiger partial charge >= 0.3 is 5.69 Å². The van der Waals surface area contributed by atoms with Crippen LogP contribution in [0.4, 0.5) is 15.8 Å². The zero-order valence-electron chi connectivity index (χ0n) is 14.0. The Hall–Kier alpha value is -3.16. The van der Waals surface area contributed by atoms with E-state index in [9.17, 15) is 14.5 Å². The summed E-state index contributed by atoms with van der Waals surface area (Å²) in [6, 6.07) is 8.56. The lowest BCUT2D eigenvalue weighted by molar-refractivity contribution is -0.386. The van der Waals surface area contributed by atoms with Crippen molar-refractivity contribution in [3.63, 3.8) is 0 Å². The van der Waals surface area contributed by atoms with Crippen molar-refractivity contribution in [1.29, 1.82) is 0 Å². The molecule has 7 nitrogen and oxygen atoms in total. The Labute approximate surface area is 144 Å². The summed E-state index contributed by atoms with van der Waals surface area (Å²) >= 11 is 0. The fraction of sp³-hybridized carbons (Fsp3) is 0.235. The summed E-state index contributed by atoms with van der Waals surface area (Å²) in [5.41, 5.74) is 3.54. The van der Waals surface area contributed by atoms with Crippen LogP contribution in [-0.2, 0) is 0 Å². The van der Waals surface area contributed by atoms with E-state index in [1.165, 1.54) is 43.7 Å². The summed E-state index contributed by atoms with van der Waals surface area (Å²) in [6.45, 7) is 3.54. The van der Waals surface area contributed by atoms with Crippen molar-refractivity contribution >= 4 is 17.6 Å². The second-order valence-corrected chi connectivity index (χ2v) is 5.37. The lowest BCUT2D eigenvalue weighted by Gasteiger charge is -2.14. The number of ether oxygens (including phenoxy) is 2. The van der Waals surface area contributed by atoms with Crippen molar-refractivity contribution in [3.05, 3.63) is 57.9 Å². The lowest BCUT2D eigenvalue weighted by Crippen LogP contribution is -2.09. The van der Waals surface area contributed by atoms with Gasteiger partial charge in [0.15, 0.2) is 5.75 Å². The summed E-state index contributed by atoms with van der Waals surface area (Å²) in [5.74, 6) is -0.0343. The number of rotatable bonds is 7. The first-order valence-electron chi connectivity index (χ1n) is 7.48. The average Bonchev–Trinajstić information content (AvgIpc) is 2.56. The molecule has 2 aromatic carbocycles. The standard InChI is InChI=1S/C17H18FN3O4/c1-11(2)25-17-15(21(22)23)8-12(9-16(17)24-3)10-19-20-14-6-4-13(18)5-7-14/h4-11,20H,1-3H3/b19-10+. The normalized spacial score (nSPS) is 10.9. The van der Waals surface area contributed by atoms with E-state index in [4.69, 9.17) is 9.47 Å². The van der Waals surface area contributed by atoms with Gasteiger partial charge in [-0.2, -0.15) is 5.10 Å². The van der Waals surface area contributed by atoms with Crippen LogP contribution in [0.5, 0.6) is 11.5 Å². The highest BCUT2D eigenvalue weighted by atomic mass is 19.1. The zero-order valence-corrected chi connectivity index (χ0v) is 14.0. The third kappa shape index (κ3) is 4.90. The first-order valence-corrected chi connectivity index (χ1v) is 7.48. The number of anilines is 1. The van der Waals surface area contributed by atoms with Crippen LogP contribution >= 0.6 is 0 Å². The Kier molecular flexibility index (Phi) is 5.89. The van der Waals surface area contributed by atoms with Crippen LogP contribution in [0.1, 0.15) is 19.4 Å². The molecule has 0 bridgehead atoms. The molecule has 0 spiro atoms. The Balaban J connectivity index is 2.28. The topological polar surface area (TPSA) is 86.0 Å². The minimum atomic E-state index is -0.537. The van der Waals surface area contributed by atoms with E-state index in [1.807, 2.05) is 0 Å². The molecule has 0 aliphatic carbocycles. The fourth-order valence-electron chi connectivity index (χ4n) is 2.03. The largest absolute Gasteiger partial charge is 0.493 e. The maximum atomic E-state index is 12.8. The van der Waals surface area contributed by atoms with Gasteiger partial charge in [0.05, 0.1) is 30.0 Å². The monoisotopic (exact) mass is 347 g/mol. The van der Waals surface area contributed by atoms with Gasteiger partial charge in [0.1, 0.15) is 5.82 Å². The number of hydrogen-bond acceptors (Lipinski definition) is 6. The third-order valence-corrected chi connectivity index (χ3v) is 3.08. The first-order chi connectivity index (χ1) is 11.9. The van der Waals surface area contributed by atoms with Crippen LogP contribution in [0.25, 0.3) is 0 Å². The van der Waals surface area contributed by atoms with E-state index >= 15 is 0 Å². The Morgan fingerprint density at radius 2 is 1.96 bits per heavy atom. The number of nitro benzene ring substituents is 1. The number of benzene rings is 2. The van der Waals surface area contributed by atoms with Gasteiger partial charge in [0, 0.05) is 11.6 Å². The van der Waals surface area contributed by atoms with Gasteiger partial charge in [-0.1, -0.05) is 0 Å². The third-order valence-electron chi connectivity index (χ3n) is 3.08. The molecule has 25 heavy (non-hydrogen) atoms. The van der Waals surface area contributed by atoms with E-state index in [1.54, 1.807) is 19.9 Å². The number of methoxy groups -OCH3 is 1. The maximum absolute atomic E-state index is 12.8. The summed E-state index contributed by atoms with van der Waals surface area (Å²) < 4.78 is 23.6. The molecule has 2 aromatic rings. The van der Waals surface area contributed by atoms with Crippen molar-refractivity contribution in [2.45, 2.75) is 20.0 Å². The second kappa shape index (κ2) is 8.09. The molecule has 0 saturated heterocycles. The molecular weight excluding hydrogens is 329 g/mol. The molecule has 0 heterocycles. The molecule has 2 rings (SSSR count). The number of hydrazone groups is 1. The SMILES string of the molecule is COc1cc(/C=N/Nc2ccc(F)cc2)cc([N+](=O)[O-])c1OC(C)C. The van der Waals surface area contributed by atoms with Gasteiger partial charge in [-0.25, -0.2) is 4.39 Å². The van der Waals surface area contributed by atoms with Gasteiger partial charge < -0.3 is 9.47 Å². The molecule has 1 N–H and O–H groups in total. The van der Waals surface area contributed by atoms with Gasteiger partial charge in [0.25, 0.3) is 0 Å². The number of halogens is 1. The van der Waals surface area contributed by atoms with E-state index in [-0.39, 0.29) is 29.1 Å². The minimum absolute atomic E-state index is 0.0751. The summed E-state index contributed by atoms with van der Waals surface area (Å²) in [4.78, 5) is 10.8. The minimum Gasteiger partial charge on any atom is -0.493 e. The molecule has 0 atom stereocenters. The molecule has 8 heteroatoms. The highest BCUT2D eigenvalue weighted by molar-refractivity contribution is 5.83. The molecular formula is C17H18FN3O4. The first kappa shape index (κ1) is 18.2. The van der Waals surface area contributed by atoms with Crippen molar-refractivity contribution in [2.24, 2.45) is 5.10 Å². The Morgan fingerprint density at radius 1 is 1.28 bits per heavy atom. The maximum Gasteiger partial charge on any atom is 0.315 e. The fourth-order valence-corrected chi connectivity index (χ4v) is 2.03. The average molecular weight is 347 g/mol. The van der Waals surface area contributed by atoms with Crippen LogP contribution < -0.4 is 14.9 Å². The second-order valence-electron chi connectivity index (χ2n) is 5.37. The number of nitrogens with zero attached hydrogens (tertiary/aromatic N) is 2. The van der Waals surface area contributed by atoms with Gasteiger partial charge in [-0.05, 0) is 44.2 Å². The summed E-state index contributed by atoms with van der Waals surface area (Å²) in [6.07, 6.45) is 1.16. The Morgan fingerprint density at radius 3 is 2.52 bits per heavy atom. The van der Waals surface area contributed by atoms with Crippen LogP contribution in [0.2, 0.25) is 0 Å². The molecule has 0 aliphatic rings. The predicted octanol–water partition coefficient (Wildman–Crippen LogP) is 3.98. The van der Waals surface area contributed by atoms with Crippen LogP contribution in [0, 0.1) is 15.9 Å². The highest BCUT2D eigenvalue weighted by Gasteiger charge is 2.22. The smallest absolute Gasteiger partial charge is 0.315 e. The molecule has 0 saturated carbocycles. The molecule has 0 unspecified atom stereocenters. The van der Waals surface area contributed by atoms with Gasteiger partial charge in [-0.3, -0.25) is 15.5 Å². The van der Waals surface area contributed by atoms with Crippen molar-refractivity contribution in [3.8, 4) is 11.5 Å². The highest BCUT2D eigenvalue weighted by Crippen LogP contribution is 2.38. The van der Waals surface area contributed by atoms with Crippen molar-refractivity contribution in [2.75, 3.05) is 12.5 Å². The van der Waals surface area contributed by atoms with E-state index in [0.717, 1.165) is 0 Å². The van der Waals surface area contributed by atoms with E-state index in [0.29, 0.717) is 11.3 Å².